The van der Waals surface area contributed by atoms with E-state index in [0.29, 0.717) is 12.8 Å². The molecule has 2 atom stereocenters. The van der Waals surface area contributed by atoms with Crippen LogP contribution in [0.5, 0.6) is 0 Å². The van der Waals surface area contributed by atoms with Crippen LogP contribution in [0.3, 0.4) is 0 Å². The maximum absolute atomic E-state index is 11.0. The van der Waals surface area contributed by atoms with Crippen molar-refractivity contribution < 1.29 is 32.0 Å². The molecule has 2 rings (SSSR count). The number of Topliss-reactive ketones (excluding diaryl/α,β-unsaturated/α-hetero) is 2. The third-order valence-corrected chi connectivity index (χ3v) is 7.94. The van der Waals surface area contributed by atoms with Crippen molar-refractivity contribution in [1.29, 1.82) is 0 Å². The molecule has 0 aliphatic rings. The van der Waals surface area contributed by atoms with E-state index in [1.165, 1.54) is 24.0 Å². The number of benzene rings is 2. The summed E-state index contributed by atoms with van der Waals surface area (Å²) in [5, 5.41) is 0. The highest BCUT2D eigenvalue weighted by Gasteiger charge is 2.12. The van der Waals surface area contributed by atoms with Crippen LogP contribution in [0.2, 0.25) is 0 Å². The minimum atomic E-state index is -4.14. The van der Waals surface area contributed by atoms with Gasteiger partial charge in [-0.15, -0.1) is 23.5 Å². The topological polar surface area (TPSA) is 107 Å². The van der Waals surface area contributed by atoms with Gasteiger partial charge in [-0.05, 0) is 63.1 Å². The Bertz CT molecular complexity index is 1010. The van der Waals surface area contributed by atoms with Crippen LogP contribution in [-0.2, 0) is 29.2 Å². The first kappa shape index (κ1) is 32.3. The molecule has 0 spiro atoms. The summed E-state index contributed by atoms with van der Waals surface area (Å²) in [7, 11) is -0.888. The Morgan fingerprint density at radius 3 is 1.56 bits per heavy atom. The highest BCUT2D eigenvalue weighted by molar-refractivity contribution is 7.99. The van der Waals surface area contributed by atoms with Crippen molar-refractivity contribution in [3.05, 3.63) is 54.6 Å². The fraction of sp³-hybridized carbons (Fsp3) is 0.462. The van der Waals surface area contributed by atoms with E-state index >= 15 is 0 Å². The van der Waals surface area contributed by atoms with Crippen LogP contribution in [0, 0.1) is 0 Å². The molecule has 2 unspecified atom stereocenters. The van der Waals surface area contributed by atoms with Crippen molar-refractivity contribution in [3.63, 3.8) is 0 Å². The number of methoxy groups -OCH3 is 2. The molecule has 36 heavy (non-hydrogen) atoms. The first-order chi connectivity index (χ1) is 17.0. The van der Waals surface area contributed by atoms with Gasteiger partial charge in [-0.2, -0.15) is 8.42 Å². The zero-order chi connectivity index (χ0) is 27.0. The van der Waals surface area contributed by atoms with Gasteiger partial charge >= 0.3 is 0 Å². The van der Waals surface area contributed by atoms with Gasteiger partial charge in [0.1, 0.15) is 11.6 Å². The molecule has 2 aromatic carbocycles. The molecule has 2 aromatic rings. The van der Waals surface area contributed by atoms with Gasteiger partial charge in [0, 0.05) is 48.4 Å². The molecule has 7 nitrogen and oxygen atoms in total. The zero-order valence-corrected chi connectivity index (χ0v) is 23.7. The van der Waals surface area contributed by atoms with Crippen LogP contribution in [0.1, 0.15) is 39.5 Å². The number of ketones is 2. The number of ether oxygens (including phenoxy) is 2. The highest BCUT2D eigenvalue weighted by atomic mass is 32.2. The van der Waals surface area contributed by atoms with Gasteiger partial charge in [0.25, 0.3) is 10.1 Å². The van der Waals surface area contributed by atoms with E-state index in [-0.39, 0.29) is 28.7 Å². The van der Waals surface area contributed by atoms with Crippen molar-refractivity contribution in [3.8, 4) is 0 Å². The van der Waals surface area contributed by atoms with E-state index in [4.69, 9.17) is 14.0 Å². The van der Waals surface area contributed by atoms with E-state index in [0.717, 1.165) is 29.2 Å². The van der Waals surface area contributed by atoms with E-state index in [9.17, 15) is 18.0 Å². The summed E-state index contributed by atoms with van der Waals surface area (Å²) in [6, 6.07) is 16.3. The lowest BCUT2D eigenvalue weighted by molar-refractivity contribution is -0.120. The second-order valence-corrected chi connectivity index (χ2v) is 11.8. The molecule has 200 valence electrons. The number of hydrogen-bond donors (Lipinski definition) is 1. The molecule has 0 radical (unpaired) electrons. The van der Waals surface area contributed by atoms with Gasteiger partial charge in [-0.25, -0.2) is 0 Å². The lowest BCUT2D eigenvalue weighted by Gasteiger charge is -2.13. The number of carbonyl (C=O) groups excluding carboxylic acids is 2. The van der Waals surface area contributed by atoms with Gasteiger partial charge in [-0.3, -0.25) is 14.1 Å². The van der Waals surface area contributed by atoms with E-state index in [1.54, 1.807) is 56.8 Å². The van der Waals surface area contributed by atoms with E-state index in [1.807, 2.05) is 18.2 Å². The molecule has 0 bridgehead atoms. The Kier molecular flexibility index (Phi) is 15.9. The molecule has 0 fully saturated rings. The zero-order valence-electron chi connectivity index (χ0n) is 21.2. The second-order valence-electron chi connectivity index (χ2n) is 8.06. The second kappa shape index (κ2) is 17.7. The van der Waals surface area contributed by atoms with Crippen LogP contribution in [-0.4, -0.2) is 62.5 Å². The number of carbonyl (C=O) groups is 2. The molecule has 0 saturated heterocycles. The third-order valence-electron chi connectivity index (χ3n) is 4.98. The van der Waals surface area contributed by atoms with Crippen molar-refractivity contribution in [2.75, 3.05) is 25.7 Å². The van der Waals surface area contributed by atoms with Crippen molar-refractivity contribution in [1.82, 2.24) is 0 Å². The normalized spacial score (nSPS) is 12.8. The van der Waals surface area contributed by atoms with Gasteiger partial charge in [0.2, 0.25) is 0 Å². The van der Waals surface area contributed by atoms with Crippen molar-refractivity contribution >= 4 is 45.2 Å². The minimum Gasteiger partial charge on any atom is -0.381 e. The molecule has 1 N–H and O–H groups in total. The molecule has 0 aliphatic heterocycles. The molecule has 10 heteroatoms. The number of thioether (sulfide) groups is 2. The predicted octanol–water partition coefficient (Wildman–Crippen LogP) is 5.57. The number of rotatable bonds is 15. The third kappa shape index (κ3) is 14.8. The average Bonchev–Trinajstić information content (AvgIpc) is 2.83. The Balaban J connectivity index is 0.000000369. The first-order valence-electron chi connectivity index (χ1n) is 11.5. The first-order valence-corrected chi connectivity index (χ1v) is 14.9. The monoisotopic (exact) mass is 556 g/mol. The fourth-order valence-corrected chi connectivity index (χ4v) is 5.48. The van der Waals surface area contributed by atoms with E-state index in [2.05, 4.69) is 12.1 Å². The fourth-order valence-electron chi connectivity index (χ4n) is 3.09. The highest BCUT2D eigenvalue weighted by Crippen LogP contribution is 2.22. The van der Waals surface area contributed by atoms with Gasteiger partial charge in [0.15, 0.2) is 0 Å². The summed E-state index contributed by atoms with van der Waals surface area (Å²) in [4.78, 5) is 24.0. The maximum Gasteiger partial charge on any atom is 0.294 e. The Hall–Kier alpha value is -1.69. The minimum absolute atomic E-state index is 0.0636. The molecular formula is C26H36O7S3. The Morgan fingerprint density at radius 1 is 0.778 bits per heavy atom. The van der Waals surface area contributed by atoms with Crippen LogP contribution in [0.25, 0.3) is 0 Å². The molecule has 0 aliphatic carbocycles. The van der Waals surface area contributed by atoms with Crippen molar-refractivity contribution in [2.24, 2.45) is 0 Å². The summed E-state index contributed by atoms with van der Waals surface area (Å²) in [5.41, 5.74) is 0. The summed E-state index contributed by atoms with van der Waals surface area (Å²) in [6.07, 6.45) is 2.55. The summed E-state index contributed by atoms with van der Waals surface area (Å²) < 4.78 is 41.1. The lowest BCUT2D eigenvalue weighted by Crippen LogP contribution is -2.15. The Labute approximate surface area is 223 Å². The SMILES string of the molecule is COC(CCSc1ccc(S(=O)(=O)O)cc1)CC(C)=O.COC(CCSc1ccccc1)CC(C)=O. The van der Waals surface area contributed by atoms with Crippen LogP contribution >= 0.6 is 23.5 Å². The van der Waals surface area contributed by atoms with Crippen molar-refractivity contribution in [2.45, 2.75) is 66.4 Å². The summed E-state index contributed by atoms with van der Waals surface area (Å²) >= 11 is 3.34. The standard InChI is InChI=1S/C13H18O5S2.C13H18O2S/c1-10(14)9-11(18-2)7-8-19-12-3-5-13(6-4-12)20(15,16)17;1-11(14)10-12(15-2)8-9-16-13-6-4-3-5-7-13/h3-6,11H,7-9H2,1-2H3,(H,15,16,17);3-7,12H,8-10H2,1-2H3. The lowest BCUT2D eigenvalue weighted by atomic mass is 10.1. The molecule has 0 saturated carbocycles. The molecular weight excluding hydrogens is 520 g/mol. The largest absolute Gasteiger partial charge is 0.381 e. The van der Waals surface area contributed by atoms with Gasteiger partial charge in [-0.1, -0.05) is 18.2 Å². The number of hydrogen-bond acceptors (Lipinski definition) is 8. The molecule has 0 amide bonds. The predicted molar refractivity (Wildman–Crippen MR) is 146 cm³/mol. The summed E-state index contributed by atoms with van der Waals surface area (Å²) in [5.74, 6) is 2.03. The Morgan fingerprint density at radius 2 is 1.19 bits per heavy atom. The average molecular weight is 557 g/mol. The molecule has 0 heterocycles. The van der Waals surface area contributed by atoms with Crippen LogP contribution < -0.4 is 0 Å². The van der Waals surface area contributed by atoms with E-state index < -0.39 is 10.1 Å². The maximum atomic E-state index is 11.0. The van der Waals surface area contributed by atoms with Gasteiger partial charge in [0.05, 0.1) is 17.1 Å². The van der Waals surface area contributed by atoms with Crippen LogP contribution in [0.15, 0.2) is 69.3 Å². The quantitative estimate of drug-likeness (QED) is 0.222. The summed E-state index contributed by atoms with van der Waals surface area (Å²) in [6.45, 7) is 3.14. The van der Waals surface area contributed by atoms with Gasteiger partial charge < -0.3 is 9.47 Å². The molecule has 0 aromatic heterocycles. The smallest absolute Gasteiger partial charge is 0.294 e. The van der Waals surface area contributed by atoms with Crippen LogP contribution in [0.4, 0.5) is 0 Å².